The lowest BCUT2D eigenvalue weighted by Crippen LogP contribution is -2.25. The first-order valence-electron chi connectivity index (χ1n) is 5.01. The van der Waals surface area contributed by atoms with Crippen LogP contribution in [0.3, 0.4) is 0 Å². The Bertz CT molecular complexity index is 453. The SMILES string of the molecule is CC(NC(=O)c1cncs1)c1ccccc1. The highest BCUT2D eigenvalue weighted by Crippen LogP contribution is 2.13. The largest absolute Gasteiger partial charge is 0.345 e. The molecule has 0 spiro atoms. The molecule has 0 aliphatic heterocycles. The van der Waals surface area contributed by atoms with Gasteiger partial charge >= 0.3 is 0 Å². The number of thiazole rings is 1. The number of nitrogens with zero attached hydrogens (tertiary/aromatic N) is 1. The van der Waals surface area contributed by atoms with Crippen molar-refractivity contribution in [2.45, 2.75) is 13.0 Å². The van der Waals surface area contributed by atoms with Crippen LogP contribution in [0.15, 0.2) is 42.0 Å². The van der Waals surface area contributed by atoms with Gasteiger partial charge in [-0.2, -0.15) is 0 Å². The van der Waals surface area contributed by atoms with Gasteiger partial charge in [0.05, 0.1) is 17.7 Å². The molecule has 0 fully saturated rings. The third-order valence-corrected chi connectivity index (χ3v) is 3.08. The summed E-state index contributed by atoms with van der Waals surface area (Å²) in [7, 11) is 0. The van der Waals surface area contributed by atoms with Crippen molar-refractivity contribution in [3.05, 3.63) is 52.5 Å². The highest BCUT2D eigenvalue weighted by atomic mass is 32.1. The number of hydrogen-bond acceptors (Lipinski definition) is 3. The van der Waals surface area contributed by atoms with Crippen molar-refractivity contribution in [1.82, 2.24) is 10.3 Å². The average Bonchev–Trinajstić information content (AvgIpc) is 2.83. The molecule has 2 rings (SSSR count). The predicted molar refractivity (Wildman–Crippen MR) is 64.4 cm³/mol. The van der Waals surface area contributed by atoms with Gasteiger partial charge in [0.2, 0.25) is 0 Å². The predicted octanol–water partition coefficient (Wildman–Crippen LogP) is 2.63. The molecule has 0 bridgehead atoms. The van der Waals surface area contributed by atoms with E-state index < -0.39 is 0 Å². The summed E-state index contributed by atoms with van der Waals surface area (Å²) in [6.45, 7) is 1.97. The molecule has 1 aromatic carbocycles. The molecular formula is C12H12N2OS. The molecule has 0 radical (unpaired) electrons. The Morgan fingerprint density at radius 3 is 2.75 bits per heavy atom. The van der Waals surface area contributed by atoms with Gasteiger partial charge in [-0.3, -0.25) is 9.78 Å². The van der Waals surface area contributed by atoms with Crippen molar-refractivity contribution in [2.24, 2.45) is 0 Å². The molecule has 0 aliphatic carbocycles. The van der Waals surface area contributed by atoms with Gasteiger partial charge in [0.15, 0.2) is 0 Å². The van der Waals surface area contributed by atoms with E-state index in [2.05, 4.69) is 10.3 Å². The summed E-state index contributed by atoms with van der Waals surface area (Å²) < 4.78 is 0. The summed E-state index contributed by atoms with van der Waals surface area (Å²) in [5.74, 6) is -0.0705. The van der Waals surface area contributed by atoms with Crippen molar-refractivity contribution in [3.8, 4) is 0 Å². The van der Waals surface area contributed by atoms with Crippen LogP contribution in [0.4, 0.5) is 0 Å². The number of benzene rings is 1. The summed E-state index contributed by atoms with van der Waals surface area (Å²) in [4.78, 5) is 16.3. The molecule has 1 aromatic heterocycles. The van der Waals surface area contributed by atoms with Gasteiger partial charge < -0.3 is 5.32 Å². The van der Waals surface area contributed by atoms with Gasteiger partial charge in [-0.25, -0.2) is 0 Å². The second-order valence-electron chi connectivity index (χ2n) is 3.47. The Morgan fingerprint density at radius 1 is 1.38 bits per heavy atom. The van der Waals surface area contributed by atoms with E-state index in [9.17, 15) is 4.79 Å². The van der Waals surface area contributed by atoms with E-state index in [1.54, 1.807) is 11.7 Å². The van der Waals surface area contributed by atoms with Crippen LogP contribution < -0.4 is 5.32 Å². The van der Waals surface area contributed by atoms with Crippen molar-refractivity contribution in [2.75, 3.05) is 0 Å². The Morgan fingerprint density at radius 2 is 2.12 bits per heavy atom. The summed E-state index contributed by atoms with van der Waals surface area (Å²) in [6.07, 6.45) is 1.58. The number of hydrogen-bond donors (Lipinski definition) is 1. The van der Waals surface area contributed by atoms with E-state index in [1.807, 2.05) is 37.3 Å². The highest BCUT2D eigenvalue weighted by Gasteiger charge is 2.11. The van der Waals surface area contributed by atoms with Gasteiger partial charge in [0, 0.05) is 0 Å². The lowest BCUT2D eigenvalue weighted by molar-refractivity contribution is 0.0944. The fourth-order valence-electron chi connectivity index (χ4n) is 1.42. The van der Waals surface area contributed by atoms with Crippen LogP contribution in [0.5, 0.6) is 0 Å². The second-order valence-corrected chi connectivity index (χ2v) is 4.36. The maximum atomic E-state index is 11.7. The first-order chi connectivity index (χ1) is 7.77. The fraction of sp³-hybridized carbons (Fsp3) is 0.167. The molecule has 1 unspecified atom stereocenters. The first kappa shape index (κ1) is 10.8. The van der Waals surface area contributed by atoms with Crippen LogP contribution in [0, 0.1) is 0 Å². The molecule has 0 saturated heterocycles. The third-order valence-electron chi connectivity index (χ3n) is 2.30. The quantitative estimate of drug-likeness (QED) is 0.884. The Balaban J connectivity index is 2.03. The number of carbonyl (C=O) groups excluding carboxylic acids is 1. The van der Waals surface area contributed by atoms with Crippen molar-refractivity contribution < 1.29 is 4.79 Å². The zero-order valence-corrected chi connectivity index (χ0v) is 9.70. The first-order valence-corrected chi connectivity index (χ1v) is 5.89. The molecule has 82 valence electrons. The van der Waals surface area contributed by atoms with E-state index in [0.717, 1.165) is 5.56 Å². The van der Waals surface area contributed by atoms with E-state index >= 15 is 0 Å². The van der Waals surface area contributed by atoms with Gasteiger partial charge in [0.25, 0.3) is 5.91 Å². The van der Waals surface area contributed by atoms with Crippen molar-refractivity contribution in [3.63, 3.8) is 0 Å². The lowest BCUT2D eigenvalue weighted by atomic mass is 10.1. The van der Waals surface area contributed by atoms with Crippen LogP contribution >= 0.6 is 11.3 Å². The minimum atomic E-state index is -0.0705. The smallest absolute Gasteiger partial charge is 0.263 e. The minimum Gasteiger partial charge on any atom is -0.345 e. The Labute approximate surface area is 98.2 Å². The van der Waals surface area contributed by atoms with Crippen LogP contribution in [-0.2, 0) is 0 Å². The molecule has 3 nitrogen and oxygen atoms in total. The number of amides is 1. The van der Waals surface area contributed by atoms with Gasteiger partial charge in [-0.05, 0) is 12.5 Å². The van der Waals surface area contributed by atoms with E-state index in [4.69, 9.17) is 0 Å². The summed E-state index contributed by atoms with van der Waals surface area (Å²) in [6, 6.07) is 9.89. The average molecular weight is 232 g/mol. The summed E-state index contributed by atoms with van der Waals surface area (Å²) in [5.41, 5.74) is 2.75. The van der Waals surface area contributed by atoms with E-state index in [0.29, 0.717) is 4.88 Å². The third kappa shape index (κ3) is 2.46. The second kappa shape index (κ2) is 4.90. The molecule has 0 aliphatic rings. The molecule has 1 N–H and O–H groups in total. The van der Waals surface area contributed by atoms with Crippen molar-refractivity contribution >= 4 is 17.2 Å². The number of nitrogens with one attached hydrogen (secondary N) is 1. The van der Waals surface area contributed by atoms with Gasteiger partial charge in [-0.15, -0.1) is 11.3 Å². The Kier molecular flexibility index (Phi) is 3.31. The maximum absolute atomic E-state index is 11.7. The Hall–Kier alpha value is -1.68. The zero-order chi connectivity index (χ0) is 11.4. The number of rotatable bonds is 3. The highest BCUT2D eigenvalue weighted by molar-refractivity contribution is 7.11. The number of carbonyl (C=O) groups is 1. The van der Waals surface area contributed by atoms with Gasteiger partial charge in [-0.1, -0.05) is 30.3 Å². The van der Waals surface area contributed by atoms with E-state index in [-0.39, 0.29) is 11.9 Å². The molecule has 0 saturated carbocycles. The fourth-order valence-corrected chi connectivity index (χ4v) is 1.94. The normalized spacial score (nSPS) is 12.1. The zero-order valence-electron chi connectivity index (χ0n) is 8.88. The molecule has 1 atom stereocenters. The summed E-state index contributed by atoms with van der Waals surface area (Å²) >= 11 is 1.35. The molecule has 4 heteroatoms. The van der Waals surface area contributed by atoms with Crippen molar-refractivity contribution in [1.29, 1.82) is 0 Å². The molecule has 16 heavy (non-hydrogen) atoms. The molecule has 1 heterocycles. The standard InChI is InChI=1S/C12H12N2OS/c1-9(10-5-3-2-4-6-10)14-12(15)11-7-13-8-16-11/h2-9H,1H3,(H,14,15). The van der Waals surface area contributed by atoms with Gasteiger partial charge in [0.1, 0.15) is 4.88 Å². The maximum Gasteiger partial charge on any atom is 0.263 e. The lowest BCUT2D eigenvalue weighted by Gasteiger charge is -2.13. The number of aromatic nitrogens is 1. The molecule has 2 aromatic rings. The monoisotopic (exact) mass is 232 g/mol. The van der Waals surface area contributed by atoms with Crippen LogP contribution in [0.1, 0.15) is 28.2 Å². The molecular weight excluding hydrogens is 220 g/mol. The van der Waals surface area contributed by atoms with Crippen LogP contribution in [0.2, 0.25) is 0 Å². The van der Waals surface area contributed by atoms with Crippen LogP contribution in [-0.4, -0.2) is 10.9 Å². The topological polar surface area (TPSA) is 42.0 Å². The summed E-state index contributed by atoms with van der Waals surface area (Å²) in [5, 5.41) is 2.93. The molecule has 1 amide bonds. The van der Waals surface area contributed by atoms with E-state index in [1.165, 1.54) is 11.3 Å². The minimum absolute atomic E-state index is 0.01000. The van der Waals surface area contributed by atoms with Crippen LogP contribution in [0.25, 0.3) is 0 Å².